The Labute approximate surface area is 96.0 Å². The van der Waals surface area contributed by atoms with E-state index in [-0.39, 0.29) is 19.2 Å². The number of carbonyl (C=O) groups excluding carboxylic acids is 2. The maximum atomic E-state index is 11.1. The van der Waals surface area contributed by atoms with Crippen molar-refractivity contribution >= 4 is 11.9 Å². The average Bonchev–Trinajstić information content (AvgIpc) is 2.20. The number of rotatable bonds is 7. The maximum absolute atomic E-state index is 11.1. The second kappa shape index (κ2) is 7.87. The van der Waals surface area contributed by atoms with E-state index in [0.29, 0.717) is 18.5 Å². The van der Waals surface area contributed by atoms with Crippen molar-refractivity contribution in [1.82, 2.24) is 4.90 Å². The minimum atomic E-state index is -0.468. The first kappa shape index (κ1) is 14.6. The molecule has 92 valence electrons. The zero-order valence-corrected chi connectivity index (χ0v) is 10.1. The summed E-state index contributed by atoms with van der Waals surface area (Å²) in [4.78, 5) is 23.9. The molecule has 0 heterocycles. The molecule has 0 N–H and O–H groups in total. The van der Waals surface area contributed by atoms with E-state index in [0.717, 1.165) is 0 Å². The monoisotopic (exact) mass is 229 g/mol. The lowest BCUT2D eigenvalue weighted by molar-refractivity contribution is -0.150. The van der Waals surface area contributed by atoms with Crippen LogP contribution in [0.4, 0.5) is 0 Å². The summed E-state index contributed by atoms with van der Waals surface area (Å²) >= 11 is 0. The Bertz CT molecular complexity index is 261. The molecule has 0 aliphatic carbocycles. The third-order valence-electron chi connectivity index (χ3n) is 1.69. The molecule has 0 saturated heterocycles. The van der Waals surface area contributed by atoms with Crippen molar-refractivity contribution in [3.05, 3.63) is 12.2 Å². The van der Waals surface area contributed by atoms with Crippen LogP contribution in [0.25, 0.3) is 0 Å². The molecule has 0 amide bonds. The van der Waals surface area contributed by atoms with E-state index in [9.17, 15) is 9.59 Å². The van der Waals surface area contributed by atoms with Gasteiger partial charge < -0.3 is 14.4 Å². The number of carbonyl (C=O) groups is 2. The van der Waals surface area contributed by atoms with Gasteiger partial charge in [-0.15, -0.1) is 0 Å². The zero-order chi connectivity index (χ0) is 12.6. The Hall–Kier alpha value is -1.36. The number of hydrogen-bond donors (Lipinski definition) is 0. The highest BCUT2D eigenvalue weighted by molar-refractivity contribution is 5.86. The van der Waals surface area contributed by atoms with E-state index in [2.05, 4.69) is 6.58 Å². The van der Waals surface area contributed by atoms with Gasteiger partial charge in [0.15, 0.2) is 0 Å². The molecule has 0 aromatic carbocycles. The first-order valence-corrected chi connectivity index (χ1v) is 5.06. The van der Waals surface area contributed by atoms with Gasteiger partial charge in [0, 0.05) is 12.1 Å². The van der Waals surface area contributed by atoms with Crippen molar-refractivity contribution in [1.29, 1.82) is 0 Å². The summed E-state index contributed by atoms with van der Waals surface area (Å²) in [5, 5.41) is 0. The fraction of sp³-hybridized carbons (Fsp3) is 0.636. The van der Waals surface area contributed by atoms with Gasteiger partial charge in [0.25, 0.3) is 0 Å². The van der Waals surface area contributed by atoms with Crippen LogP contribution >= 0.6 is 0 Å². The zero-order valence-electron chi connectivity index (χ0n) is 10.1. The fourth-order valence-corrected chi connectivity index (χ4v) is 0.800. The van der Waals surface area contributed by atoms with Gasteiger partial charge in [0.05, 0.1) is 6.42 Å². The summed E-state index contributed by atoms with van der Waals surface area (Å²) in [6, 6.07) is 0. The Morgan fingerprint density at radius 2 is 1.75 bits per heavy atom. The summed E-state index contributed by atoms with van der Waals surface area (Å²) in [6.45, 7) is 5.79. The van der Waals surface area contributed by atoms with Crippen LogP contribution in [0, 0.1) is 0 Å². The lowest BCUT2D eigenvalue weighted by atomic mass is 10.4. The van der Waals surface area contributed by atoms with E-state index in [1.807, 2.05) is 19.0 Å². The van der Waals surface area contributed by atoms with E-state index in [4.69, 9.17) is 9.47 Å². The molecule has 0 fully saturated rings. The van der Waals surface area contributed by atoms with Gasteiger partial charge in [0.2, 0.25) is 0 Å². The van der Waals surface area contributed by atoms with Gasteiger partial charge in [-0.2, -0.15) is 0 Å². The first-order chi connectivity index (χ1) is 7.43. The van der Waals surface area contributed by atoms with Crippen molar-refractivity contribution in [3.63, 3.8) is 0 Å². The van der Waals surface area contributed by atoms with Crippen LogP contribution in [0.1, 0.15) is 13.3 Å². The van der Waals surface area contributed by atoms with Crippen molar-refractivity contribution in [2.24, 2.45) is 0 Å². The highest BCUT2D eigenvalue weighted by Crippen LogP contribution is 1.93. The first-order valence-electron chi connectivity index (χ1n) is 5.06. The molecule has 5 heteroatoms. The van der Waals surface area contributed by atoms with E-state index in [1.165, 1.54) is 0 Å². The SMILES string of the molecule is C=C(C)C(=O)OCCOC(=O)CCN(C)C. The minimum absolute atomic E-state index is 0.0688. The van der Waals surface area contributed by atoms with Crippen LogP contribution < -0.4 is 0 Å². The molecular weight excluding hydrogens is 210 g/mol. The van der Waals surface area contributed by atoms with Crippen LogP contribution in [-0.4, -0.2) is 50.7 Å². The Balaban J connectivity index is 3.48. The maximum Gasteiger partial charge on any atom is 0.333 e. The van der Waals surface area contributed by atoms with Gasteiger partial charge in [0.1, 0.15) is 13.2 Å². The summed E-state index contributed by atoms with van der Waals surface area (Å²) in [5.41, 5.74) is 0.332. The molecule has 5 nitrogen and oxygen atoms in total. The molecule has 16 heavy (non-hydrogen) atoms. The number of hydrogen-bond acceptors (Lipinski definition) is 5. The highest BCUT2D eigenvalue weighted by atomic mass is 16.6. The van der Waals surface area contributed by atoms with E-state index < -0.39 is 5.97 Å². The second-order valence-electron chi connectivity index (χ2n) is 3.69. The molecule has 0 atom stereocenters. The van der Waals surface area contributed by atoms with E-state index >= 15 is 0 Å². The van der Waals surface area contributed by atoms with Crippen molar-refractivity contribution in [2.75, 3.05) is 33.9 Å². The van der Waals surface area contributed by atoms with Crippen LogP contribution in [0.2, 0.25) is 0 Å². The molecule has 0 aliphatic rings. The molecule has 0 spiro atoms. The Morgan fingerprint density at radius 1 is 1.19 bits per heavy atom. The quantitative estimate of drug-likeness (QED) is 0.363. The predicted molar refractivity (Wildman–Crippen MR) is 59.9 cm³/mol. The number of nitrogens with zero attached hydrogens (tertiary/aromatic N) is 1. The van der Waals surface area contributed by atoms with Crippen molar-refractivity contribution in [3.8, 4) is 0 Å². The van der Waals surface area contributed by atoms with Crippen LogP contribution in [0.3, 0.4) is 0 Å². The Kier molecular flexibility index (Phi) is 7.20. The standard InChI is InChI=1S/C11H19NO4/c1-9(2)11(14)16-8-7-15-10(13)5-6-12(3)4/h1,5-8H2,2-4H3. The third-order valence-corrected chi connectivity index (χ3v) is 1.69. The highest BCUT2D eigenvalue weighted by Gasteiger charge is 2.05. The van der Waals surface area contributed by atoms with Crippen LogP contribution in [0.15, 0.2) is 12.2 Å². The molecular formula is C11H19NO4. The fourth-order valence-electron chi connectivity index (χ4n) is 0.800. The minimum Gasteiger partial charge on any atom is -0.462 e. The second-order valence-corrected chi connectivity index (χ2v) is 3.69. The molecule has 0 unspecified atom stereocenters. The normalized spacial score (nSPS) is 10.0. The lowest BCUT2D eigenvalue weighted by Crippen LogP contribution is -2.19. The van der Waals surface area contributed by atoms with Gasteiger partial charge in [-0.05, 0) is 21.0 Å². The number of esters is 2. The Morgan fingerprint density at radius 3 is 2.25 bits per heavy atom. The molecule has 0 aromatic heterocycles. The summed E-state index contributed by atoms with van der Waals surface area (Å²) in [5.74, 6) is -0.760. The van der Waals surface area contributed by atoms with Gasteiger partial charge in [-0.25, -0.2) is 4.79 Å². The molecule has 0 aromatic rings. The average molecular weight is 229 g/mol. The summed E-state index contributed by atoms with van der Waals surface area (Å²) < 4.78 is 9.60. The van der Waals surface area contributed by atoms with Crippen molar-refractivity contribution < 1.29 is 19.1 Å². The van der Waals surface area contributed by atoms with Crippen LogP contribution in [0.5, 0.6) is 0 Å². The number of ether oxygens (including phenoxy) is 2. The van der Waals surface area contributed by atoms with Crippen LogP contribution in [-0.2, 0) is 19.1 Å². The van der Waals surface area contributed by atoms with Crippen molar-refractivity contribution in [2.45, 2.75) is 13.3 Å². The third kappa shape index (κ3) is 7.99. The predicted octanol–water partition coefficient (Wildman–Crippen LogP) is 0.601. The van der Waals surface area contributed by atoms with E-state index in [1.54, 1.807) is 6.92 Å². The molecule has 0 radical (unpaired) electrons. The lowest BCUT2D eigenvalue weighted by Gasteiger charge is -2.09. The molecule has 0 bridgehead atoms. The van der Waals surface area contributed by atoms with Gasteiger partial charge in [-0.1, -0.05) is 6.58 Å². The topological polar surface area (TPSA) is 55.8 Å². The van der Waals surface area contributed by atoms with Gasteiger partial charge >= 0.3 is 11.9 Å². The summed E-state index contributed by atoms with van der Waals surface area (Å²) in [7, 11) is 3.75. The molecule has 0 rings (SSSR count). The molecule has 0 saturated carbocycles. The summed E-state index contributed by atoms with van der Waals surface area (Å²) in [6.07, 6.45) is 0.335. The smallest absolute Gasteiger partial charge is 0.333 e. The molecule has 0 aliphatic heterocycles. The van der Waals surface area contributed by atoms with Gasteiger partial charge in [-0.3, -0.25) is 4.79 Å². The largest absolute Gasteiger partial charge is 0.462 e.